The number of rotatable bonds is 8. The highest BCUT2D eigenvalue weighted by Crippen LogP contribution is 2.33. The topological polar surface area (TPSA) is 51.0 Å². The minimum absolute atomic E-state index is 0.0795. The number of pyridine rings is 1. The summed E-state index contributed by atoms with van der Waals surface area (Å²) in [7, 11) is 0. The molecule has 0 radical (unpaired) electrons. The number of halogens is 1. The Balaban J connectivity index is 1.66. The van der Waals surface area contributed by atoms with Crippen molar-refractivity contribution in [3.05, 3.63) is 59.8 Å². The summed E-state index contributed by atoms with van der Waals surface area (Å²) in [6.07, 6.45) is 9.56. The molecule has 30 heavy (non-hydrogen) atoms. The van der Waals surface area contributed by atoms with Crippen LogP contribution in [0.1, 0.15) is 74.1 Å². The minimum atomic E-state index is -0.335. The number of hydrogen-bond acceptors (Lipinski definition) is 3. The molecule has 5 nitrogen and oxygen atoms in total. The summed E-state index contributed by atoms with van der Waals surface area (Å²) >= 11 is 0. The van der Waals surface area contributed by atoms with Crippen molar-refractivity contribution in [2.24, 2.45) is 0 Å². The van der Waals surface area contributed by atoms with Gasteiger partial charge in [-0.3, -0.25) is 4.79 Å². The molecule has 6 heteroatoms. The molecule has 0 N–H and O–H groups in total. The predicted molar refractivity (Wildman–Crippen MR) is 116 cm³/mol. The maximum Gasteiger partial charge on any atom is 0.254 e. The lowest BCUT2D eigenvalue weighted by molar-refractivity contribution is 0.0733. The van der Waals surface area contributed by atoms with Crippen LogP contribution in [0.2, 0.25) is 0 Å². The van der Waals surface area contributed by atoms with E-state index in [4.69, 9.17) is 4.98 Å². The van der Waals surface area contributed by atoms with Gasteiger partial charge in [-0.05, 0) is 55.7 Å². The largest absolute Gasteiger partial charge is 0.331 e. The summed E-state index contributed by atoms with van der Waals surface area (Å²) in [6, 6.07) is 10.1. The van der Waals surface area contributed by atoms with E-state index in [0.29, 0.717) is 24.7 Å². The van der Waals surface area contributed by atoms with Crippen LogP contribution in [0.25, 0.3) is 11.2 Å². The predicted octanol–water partition coefficient (Wildman–Crippen LogP) is 5.52. The number of benzene rings is 1. The standard InChI is InChI=1S/C24H29FN4O/c1-2-3-6-16-28(24(30)18-11-13-19(25)14-12-18)17-22-27-21-10-7-15-26-23(21)29(22)20-8-4-5-9-20/h7,10-15,20H,2-6,8-9,16-17H2,1H3. The van der Waals surface area contributed by atoms with E-state index in [1.165, 1.54) is 25.0 Å². The van der Waals surface area contributed by atoms with Crippen molar-refractivity contribution in [2.75, 3.05) is 6.54 Å². The summed E-state index contributed by atoms with van der Waals surface area (Å²) in [4.78, 5) is 24.6. The molecule has 0 atom stereocenters. The second-order valence-electron chi connectivity index (χ2n) is 8.12. The van der Waals surface area contributed by atoms with Gasteiger partial charge in [0.25, 0.3) is 5.91 Å². The molecule has 1 saturated carbocycles. The molecule has 0 unspecified atom stereocenters. The maximum atomic E-state index is 13.3. The average Bonchev–Trinajstić information content (AvgIpc) is 3.40. The third kappa shape index (κ3) is 4.37. The van der Waals surface area contributed by atoms with E-state index in [1.807, 2.05) is 23.2 Å². The van der Waals surface area contributed by atoms with Crippen LogP contribution in [-0.2, 0) is 6.54 Å². The van der Waals surface area contributed by atoms with E-state index >= 15 is 0 Å². The lowest BCUT2D eigenvalue weighted by Crippen LogP contribution is -2.33. The first-order valence-electron chi connectivity index (χ1n) is 11.0. The quantitative estimate of drug-likeness (QED) is 0.461. The Labute approximate surface area is 176 Å². The molecule has 4 rings (SSSR count). The number of amides is 1. The Bertz CT molecular complexity index is 992. The van der Waals surface area contributed by atoms with E-state index < -0.39 is 0 Å². The summed E-state index contributed by atoms with van der Waals surface area (Å²) in [5.41, 5.74) is 2.29. The Morgan fingerprint density at radius 2 is 1.93 bits per heavy atom. The van der Waals surface area contributed by atoms with E-state index in [1.54, 1.807) is 12.1 Å². The molecular weight excluding hydrogens is 379 g/mol. The fourth-order valence-corrected chi connectivity index (χ4v) is 4.39. The summed E-state index contributed by atoms with van der Waals surface area (Å²) in [6.45, 7) is 3.25. The fourth-order valence-electron chi connectivity index (χ4n) is 4.39. The van der Waals surface area contributed by atoms with Crippen LogP contribution in [0.15, 0.2) is 42.6 Å². The number of fused-ring (bicyclic) bond motifs is 1. The van der Waals surface area contributed by atoms with Crippen LogP contribution in [0, 0.1) is 5.82 Å². The van der Waals surface area contributed by atoms with Gasteiger partial charge in [-0.2, -0.15) is 0 Å². The Hall–Kier alpha value is -2.76. The molecule has 1 aliphatic rings. The van der Waals surface area contributed by atoms with E-state index in [-0.39, 0.29) is 11.7 Å². The number of nitrogens with zero attached hydrogens (tertiary/aromatic N) is 4. The molecular formula is C24H29FN4O. The molecule has 2 heterocycles. The number of imidazole rings is 1. The molecule has 2 aromatic heterocycles. The number of aromatic nitrogens is 3. The second-order valence-corrected chi connectivity index (χ2v) is 8.12. The molecule has 1 fully saturated rings. The highest BCUT2D eigenvalue weighted by molar-refractivity contribution is 5.94. The number of hydrogen-bond donors (Lipinski definition) is 0. The Morgan fingerprint density at radius 3 is 2.67 bits per heavy atom. The van der Waals surface area contributed by atoms with Crippen LogP contribution in [0.4, 0.5) is 4.39 Å². The van der Waals surface area contributed by atoms with Crippen molar-refractivity contribution in [1.82, 2.24) is 19.4 Å². The summed E-state index contributed by atoms with van der Waals surface area (Å²) in [5.74, 6) is 0.477. The van der Waals surface area contributed by atoms with Crippen molar-refractivity contribution in [3.63, 3.8) is 0 Å². The van der Waals surface area contributed by atoms with Crippen molar-refractivity contribution in [3.8, 4) is 0 Å². The zero-order valence-electron chi connectivity index (χ0n) is 17.6. The van der Waals surface area contributed by atoms with Crippen molar-refractivity contribution in [2.45, 2.75) is 64.5 Å². The van der Waals surface area contributed by atoms with Gasteiger partial charge in [0.2, 0.25) is 0 Å². The van der Waals surface area contributed by atoms with Gasteiger partial charge < -0.3 is 9.47 Å². The molecule has 0 aliphatic heterocycles. The SMILES string of the molecule is CCCCCN(Cc1nc2cccnc2n1C1CCCC1)C(=O)c1ccc(F)cc1. The average molecular weight is 409 g/mol. The number of unbranched alkanes of at least 4 members (excludes halogenated alkanes) is 2. The number of carbonyl (C=O) groups is 1. The van der Waals surface area contributed by atoms with Gasteiger partial charge in [-0.1, -0.05) is 32.6 Å². The van der Waals surface area contributed by atoms with Crippen LogP contribution in [0.5, 0.6) is 0 Å². The summed E-state index contributed by atoms with van der Waals surface area (Å²) in [5, 5.41) is 0. The van der Waals surface area contributed by atoms with Gasteiger partial charge in [0.05, 0.1) is 6.54 Å². The Kier molecular flexibility index (Phi) is 6.41. The van der Waals surface area contributed by atoms with E-state index in [2.05, 4.69) is 16.5 Å². The molecule has 0 spiro atoms. The maximum absolute atomic E-state index is 13.3. The number of carbonyl (C=O) groups excluding carboxylic acids is 1. The summed E-state index contributed by atoms with van der Waals surface area (Å²) < 4.78 is 15.6. The minimum Gasteiger partial charge on any atom is -0.331 e. The lowest BCUT2D eigenvalue weighted by Gasteiger charge is -2.24. The molecule has 1 aromatic carbocycles. The van der Waals surface area contributed by atoms with Crippen LogP contribution in [0.3, 0.4) is 0 Å². The van der Waals surface area contributed by atoms with Crippen LogP contribution in [-0.4, -0.2) is 31.9 Å². The highest BCUT2D eigenvalue weighted by Gasteiger charge is 2.26. The molecule has 3 aromatic rings. The third-order valence-corrected chi connectivity index (χ3v) is 5.95. The molecule has 158 valence electrons. The first-order chi connectivity index (χ1) is 14.7. The van der Waals surface area contributed by atoms with E-state index in [9.17, 15) is 9.18 Å². The van der Waals surface area contributed by atoms with Crippen LogP contribution >= 0.6 is 0 Å². The fraction of sp³-hybridized carbons (Fsp3) is 0.458. The van der Waals surface area contributed by atoms with Gasteiger partial charge in [0, 0.05) is 24.3 Å². The molecule has 0 saturated heterocycles. The second kappa shape index (κ2) is 9.37. The highest BCUT2D eigenvalue weighted by atomic mass is 19.1. The van der Waals surface area contributed by atoms with Gasteiger partial charge in [0.15, 0.2) is 5.65 Å². The van der Waals surface area contributed by atoms with Gasteiger partial charge in [0.1, 0.15) is 17.2 Å². The van der Waals surface area contributed by atoms with Crippen molar-refractivity contribution >= 4 is 17.1 Å². The van der Waals surface area contributed by atoms with Gasteiger partial charge in [-0.25, -0.2) is 14.4 Å². The normalized spacial score (nSPS) is 14.5. The Morgan fingerprint density at radius 1 is 1.17 bits per heavy atom. The van der Waals surface area contributed by atoms with Gasteiger partial charge >= 0.3 is 0 Å². The monoisotopic (exact) mass is 408 g/mol. The first kappa shape index (κ1) is 20.5. The zero-order valence-corrected chi connectivity index (χ0v) is 17.6. The van der Waals surface area contributed by atoms with E-state index in [0.717, 1.165) is 49.1 Å². The molecule has 0 bridgehead atoms. The zero-order chi connectivity index (χ0) is 20.9. The smallest absolute Gasteiger partial charge is 0.254 e. The lowest BCUT2D eigenvalue weighted by atomic mass is 10.1. The molecule has 1 aliphatic carbocycles. The first-order valence-corrected chi connectivity index (χ1v) is 11.0. The van der Waals surface area contributed by atoms with Crippen molar-refractivity contribution < 1.29 is 9.18 Å². The van der Waals surface area contributed by atoms with Crippen LogP contribution < -0.4 is 0 Å². The third-order valence-electron chi connectivity index (χ3n) is 5.95. The van der Waals surface area contributed by atoms with Gasteiger partial charge in [-0.15, -0.1) is 0 Å². The van der Waals surface area contributed by atoms with Crippen molar-refractivity contribution in [1.29, 1.82) is 0 Å². The molecule has 1 amide bonds.